The number of aryl methyl sites for hydroxylation is 1. The molecule has 0 bridgehead atoms. The Morgan fingerprint density at radius 1 is 1.15 bits per heavy atom. The van der Waals surface area contributed by atoms with Crippen LogP contribution >= 0.6 is 0 Å². The maximum atomic E-state index is 13.6. The van der Waals surface area contributed by atoms with Gasteiger partial charge >= 0.3 is 0 Å². The molecule has 0 aromatic heterocycles. The van der Waals surface area contributed by atoms with Crippen molar-refractivity contribution in [3.8, 4) is 0 Å². The van der Waals surface area contributed by atoms with Gasteiger partial charge in [0.05, 0.1) is 11.4 Å². The van der Waals surface area contributed by atoms with Crippen LogP contribution in [0.25, 0.3) is 0 Å². The number of anilines is 2. The standard InChI is InChI=1S/C15H14F2N2O/c1-8-4-3-5-10(9(8)2)15(20)19-14-7-13(18)11(16)6-12(14)17/h3-7H,18H2,1-2H3,(H,19,20). The number of hydrogen-bond donors (Lipinski definition) is 2. The molecule has 20 heavy (non-hydrogen) atoms. The zero-order valence-electron chi connectivity index (χ0n) is 11.1. The van der Waals surface area contributed by atoms with Crippen molar-refractivity contribution in [3.05, 3.63) is 58.7 Å². The SMILES string of the molecule is Cc1cccc(C(=O)Nc2cc(N)c(F)cc2F)c1C. The first-order valence-electron chi connectivity index (χ1n) is 6.02. The molecule has 0 fully saturated rings. The molecule has 104 valence electrons. The molecule has 0 saturated heterocycles. The van der Waals surface area contributed by atoms with Gasteiger partial charge in [0.1, 0.15) is 11.6 Å². The Bertz CT molecular complexity index is 684. The van der Waals surface area contributed by atoms with E-state index in [4.69, 9.17) is 5.73 Å². The van der Waals surface area contributed by atoms with Crippen molar-refractivity contribution in [1.29, 1.82) is 0 Å². The molecule has 0 unspecified atom stereocenters. The second kappa shape index (κ2) is 5.28. The summed E-state index contributed by atoms with van der Waals surface area (Å²) >= 11 is 0. The van der Waals surface area contributed by atoms with Crippen LogP contribution < -0.4 is 11.1 Å². The van der Waals surface area contributed by atoms with Crippen molar-refractivity contribution in [2.75, 3.05) is 11.1 Å². The first-order chi connectivity index (χ1) is 9.40. The molecule has 0 aliphatic rings. The Morgan fingerprint density at radius 3 is 2.55 bits per heavy atom. The van der Waals surface area contributed by atoms with Gasteiger partial charge in [-0.1, -0.05) is 12.1 Å². The lowest BCUT2D eigenvalue weighted by Gasteiger charge is -2.11. The fourth-order valence-corrected chi connectivity index (χ4v) is 1.85. The van der Waals surface area contributed by atoms with E-state index in [0.717, 1.165) is 17.2 Å². The average molecular weight is 276 g/mol. The van der Waals surface area contributed by atoms with Crippen molar-refractivity contribution < 1.29 is 13.6 Å². The highest BCUT2D eigenvalue weighted by atomic mass is 19.1. The van der Waals surface area contributed by atoms with E-state index in [9.17, 15) is 13.6 Å². The van der Waals surface area contributed by atoms with Gasteiger partial charge in [0.25, 0.3) is 5.91 Å². The first-order valence-corrected chi connectivity index (χ1v) is 6.02. The zero-order chi connectivity index (χ0) is 14.9. The molecule has 2 aromatic carbocycles. The Labute approximate surface area is 115 Å². The fraction of sp³-hybridized carbons (Fsp3) is 0.133. The van der Waals surface area contributed by atoms with Crippen LogP contribution in [0, 0.1) is 25.5 Å². The summed E-state index contributed by atoms with van der Waals surface area (Å²) in [6.07, 6.45) is 0. The third kappa shape index (κ3) is 2.61. The molecule has 0 radical (unpaired) electrons. The number of nitrogens with two attached hydrogens (primary N) is 1. The number of halogens is 2. The predicted octanol–water partition coefficient (Wildman–Crippen LogP) is 3.42. The van der Waals surface area contributed by atoms with Gasteiger partial charge in [-0.3, -0.25) is 4.79 Å². The van der Waals surface area contributed by atoms with Gasteiger partial charge in [-0.05, 0) is 37.1 Å². The second-order valence-electron chi connectivity index (χ2n) is 4.56. The zero-order valence-corrected chi connectivity index (χ0v) is 11.1. The molecule has 0 saturated carbocycles. The van der Waals surface area contributed by atoms with Crippen molar-refractivity contribution in [3.63, 3.8) is 0 Å². The minimum atomic E-state index is -0.865. The Kier molecular flexibility index (Phi) is 3.70. The molecule has 5 heteroatoms. The van der Waals surface area contributed by atoms with Gasteiger partial charge in [0, 0.05) is 11.6 Å². The number of rotatable bonds is 2. The summed E-state index contributed by atoms with van der Waals surface area (Å²) in [5, 5.41) is 2.40. The van der Waals surface area contributed by atoms with E-state index in [0.29, 0.717) is 11.6 Å². The van der Waals surface area contributed by atoms with E-state index in [2.05, 4.69) is 5.32 Å². The second-order valence-corrected chi connectivity index (χ2v) is 4.56. The largest absolute Gasteiger partial charge is 0.396 e. The molecule has 0 spiro atoms. The molecule has 1 amide bonds. The summed E-state index contributed by atoms with van der Waals surface area (Å²) in [7, 11) is 0. The van der Waals surface area contributed by atoms with Crippen LogP contribution in [0.1, 0.15) is 21.5 Å². The summed E-state index contributed by atoms with van der Waals surface area (Å²) in [5.74, 6) is -2.18. The summed E-state index contributed by atoms with van der Waals surface area (Å²) in [4.78, 5) is 12.1. The highest BCUT2D eigenvalue weighted by Gasteiger charge is 2.14. The third-order valence-corrected chi connectivity index (χ3v) is 3.18. The highest BCUT2D eigenvalue weighted by molar-refractivity contribution is 6.05. The van der Waals surface area contributed by atoms with Crippen molar-refractivity contribution in [2.45, 2.75) is 13.8 Å². The number of hydrogen-bond acceptors (Lipinski definition) is 2. The molecule has 0 atom stereocenters. The molecule has 3 nitrogen and oxygen atoms in total. The lowest BCUT2D eigenvalue weighted by Crippen LogP contribution is -2.15. The first kappa shape index (κ1) is 14.0. The van der Waals surface area contributed by atoms with Crippen LogP contribution in [0.15, 0.2) is 30.3 Å². The Balaban J connectivity index is 2.33. The fourth-order valence-electron chi connectivity index (χ4n) is 1.85. The number of nitrogen functional groups attached to an aromatic ring is 1. The van der Waals surface area contributed by atoms with Crippen LogP contribution in [-0.2, 0) is 0 Å². The van der Waals surface area contributed by atoms with Crippen LogP contribution in [0.4, 0.5) is 20.2 Å². The lowest BCUT2D eigenvalue weighted by molar-refractivity contribution is 0.102. The van der Waals surface area contributed by atoms with Crippen LogP contribution in [0.3, 0.4) is 0 Å². The van der Waals surface area contributed by atoms with E-state index in [-0.39, 0.29) is 11.4 Å². The van der Waals surface area contributed by atoms with Gasteiger partial charge in [0.15, 0.2) is 0 Å². The topological polar surface area (TPSA) is 55.1 Å². The van der Waals surface area contributed by atoms with Crippen molar-refractivity contribution in [1.82, 2.24) is 0 Å². The van der Waals surface area contributed by atoms with Crippen LogP contribution in [0.2, 0.25) is 0 Å². The van der Waals surface area contributed by atoms with E-state index in [1.807, 2.05) is 13.0 Å². The van der Waals surface area contributed by atoms with E-state index in [1.165, 1.54) is 0 Å². The number of carbonyl (C=O) groups excluding carboxylic acids is 1. The minimum absolute atomic E-state index is 0.144. The monoisotopic (exact) mass is 276 g/mol. The Morgan fingerprint density at radius 2 is 1.85 bits per heavy atom. The summed E-state index contributed by atoms with van der Waals surface area (Å²) in [6.45, 7) is 3.68. The normalized spacial score (nSPS) is 10.4. The number of nitrogens with one attached hydrogen (secondary N) is 1. The molecular formula is C15H14F2N2O. The molecule has 0 aliphatic heterocycles. The van der Waals surface area contributed by atoms with Gasteiger partial charge in [-0.25, -0.2) is 8.78 Å². The molecule has 0 heterocycles. The van der Waals surface area contributed by atoms with E-state index >= 15 is 0 Å². The maximum Gasteiger partial charge on any atom is 0.256 e. The van der Waals surface area contributed by atoms with Gasteiger partial charge in [-0.15, -0.1) is 0 Å². The van der Waals surface area contributed by atoms with Gasteiger partial charge < -0.3 is 11.1 Å². The molecule has 2 rings (SSSR count). The quantitative estimate of drug-likeness (QED) is 0.826. The number of carbonyl (C=O) groups is 1. The number of amides is 1. The maximum absolute atomic E-state index is 13.6. The van der Waals surface area contributed by atoms with Crippen LogP contribution in [0.5, 0.6) is 0 Å². The minimum Gasteiger partial charge on any atom is -0.396 e. The summed E-state index contributed by atoms with van der Waals surface area (Å²) in [5.41, 5.74) is 7.20. The van der Waals surface area contributed by atoms with Gasteiger partial charge in [0.2, 0.25) is 0 Å². The number of benzene rings is 2. The average Bonchev–Trinajstić information content (AvgIpc) is 2.39. The molecule has 3 N–H and O–H groups in total. The highest BCUT2D eigenvalue weighted by Crippen LogP contribution is 2.22. The summed E-state index contributed by atoms with van der Waals surface area (Å²) < 4.78 is 26.6. The van der Waals surface area contributed by atoms with Gasteiger partial charge in [-0.2, -0.15) is 0 Å². The summed E-state index contributed by atoms with van der Waals surface area (Å²) in [6, 6.07) is 6.97. The predicted molar refractivity (Wildman–Crippen MR) is 74.6 cm³/mol. The third-order valence-electron chi connectivity index (χ3n) is 3.18. The Hall–Kier alpha value is -2.43. The molecule has 0 aliphatic carbocycles. The smallest absolute Gasteiger partial charge is 0.256 e. The molecular weight excluding hydrogens is 262 g/mol. The van der Waals surface area contributed by atoms with Crippen molar-refractivity contribution in [2.24, 2.45) is 0 Å². The van der Waals surface area contributed by atoms with E-state index < -0.39 is 17.5 Å². The lowest BCUT2D eigenvalue weighted by atomic mass is 10.0. The van der Waals surface area contributed by atoms with Crippen molar-refractivity contribution >= 4 is 17.3 Å². The van der Waals surface area contributed by atoms with Crippen LogP contribution in [-0.4, -0.2) is 5.91 Å². The molecule has 2 aromatic rings. The van der Waals surface area contributed by atoms with E-state index in [1.54, 1.807) is 19.1 Å².